The molecule has 3 N–H and O–H groups in total. The Bertz CT molecular complexity index is 582. The van der Waals surface area contributed by atoms with Crippen molar-refractivity contribution in [1.82, 2.24) is 4.98 Å². The van der Waals surface area contributed by atoms with Gasteiger partial charge in [-0.15, -0.1) is 11.3 Å². The van der Waals surface area contributed by atoms with Gasteiger partial charge in [-0.05, 0) is 49.8 Å². The summed E-state index contributed by atoms with van der Waals surface area (Å²) in [6.45, 7) is 0.789. The number of anilines is 1. The fourth-order valence-corrected chi connectivity index (χ4v) is 4.50. The number of nitrogens with two attached hydrogens (primary N) is 1. The van der Waals surface area contributed by atoms with Crippen LogP contribution in [0.2, 0.25) is 0 Å². The summed E-state index contributed by atoms with van der Waals surface area (Å²) in [5.41, 5.74) is 8.22. The first-order valence-electron chi connectivity index (χ1n) is 7.21. The lowest BCUT2D eigenvalue weighted by Crippen LogP contribution is -2.36. The Hall–Kier alpha value is -0.780. The zero-order chi connectivity index (χ0) is 13.9. The molecule has 0 radical (unpaired) electrons. The van der Waals surface area contributed by atoms with Crippen molar-refractivity contribution in [2.45, 2.75) is 36.1 Å². The maximum absolute atomic E-state index is 5.91. The van der Waals surface area contributed by atoms with E-state index in [9.17, 15) is 0 Å². The van der Waals surface area contributed by atoms with Gasteiger partial charge in [0.2, 0.25) is 0 Å². The quantitative estimate of drug-likeness (QED) is 0.840. The number of rotatable bonds is 4. The number of fused-ring (bicyclic) bond motifs is 1. The Balaban J connectivity index is 1.79. The van der Waals surface area contributed by atoms with Gasteiger partial charge in [-0.25, -0.2) is 4.98 Å². The standard InChI is InChI=1S/C15H21N3S2/c1-19-15-18-13-7-6-11(8-14(13)20-15)17-12-5-3-2-4-10(12)9-16/h6-8,10,12,17H,2-5,9,16H2,1H3. The van der Waals surface area contributed by atoms with Crippen molar-refractivity contribution < 1.29 is 0 Å². The SMILES string of the molecule is CSc1nc2ccc(NC3CCCCC3CN)cc2s1. The molecule has 1 aromatic heterocycles. The van der Waals surface area contributed by atoms with Crippen LogP contribution in [-0.2, 0) is 0 Å². The minimum Gasteiger partial charge on any atom is -0.382 e. The van der Waals surface area contributed by atoms with Gasteiger partial charge in [-0.2, -0.15) is 0 Å². The number of benzene rings is 1. The first-order chi connectivity index (χ1) is 9.80. The van der Waals surface area contributed by atoms with Crippen LogP contribution in [0.25, 0.3) is 10.2 Å². The van der Waals surface area contributed by atoms with Crippen LogP contribution in [-0.4, -0.2) is 23.8 Å². The molecule has 1 heterocycles. The Labute approximate surface area is 128 Å². The van der Waals surface area contributed by atoms with Crippen LogP contribution >= 0.6 is 23.1 Å². The van der Waals surface area contributed by atoms with E-state index in [0.29, 0.717) is 12.0 Å². The summed E-state index contributed by atoms with van der Waals surface area (Å²) in [6, 6.07) is 7.02. The van der Waals surface area contributed by atoms with E-state index in [-0.39, 0.29) is 0 Å². The summed E-state index contributed by atoms with van der Waals surface area (Å²) in [4.78, 5) is 4.58. The van der Waals surface area contributed by atoms with Crippen molar-refractivity contribution in [3.63, 3.8) is 0 Å². The molecular formula is C15H21N3S2. The molecule has 1 aromatic carbocycles. The van der Waals surface area contributed by atoms with Gasteiger partial charge in [0, 0.05) is 11.7 Å². The summed E-state index contributed by atoms with van der Waals surface area (Å²) in [7, 11) is 0. The molecule has 2 aromatic rings. The summed E-state index contributed by atoms with van der Waals surface area (Å²) >= 11 is 3.48. The van der Waals surface area contributed by atoms with E-state index in [1.165, 1.54) is 36.1 Å². The minimum absolute atomic E-state index is 0.527. The fourth-order valence-electron chi connectivity index (χ4n) is 2.97. The lowest BCUT2D eigenvalue weighted by atomic mass is 9.84. The van der Waals surface area contributed by atoms with E-state index in [1.807, 2.05) is 0 Å². The van der Waals surface area contributed by atoms with Gasteiger partial charge in [-0.3, -0.25) is 0 Å². The molecule has 0 amide bonds. The Morgan fingerprint density at radius 2 is 2.25 bits per heavy atom. The maximum atomic E-state index is 5.91. The highest BCUT2D eigenvalue weighted by Crippen LogP contribution is 2.32. The van der Waals surface area contributed by atoms with Crippen molar-refractivity contribution in [2.75, 3.05) is 18.1 Å². The molecular weight excluding hydrogens is 286 g/mol. The van der Waals surface area contributed by atoms with Crippen LogP contribution in [0.4, 0.5) is 5.69 Å². The van der Waals surface area contributed by atoms with Crippen LogP contribution in [0, 0.1) is 5.92 Å². The highest BCUT2D eigenvalue weighted by atomic mass is 32.2. The molecule has 3 rings (SSSR count). The summed E-state index contributed by atoms with van der Waals surface area (Å²) in [6.07, 6.45) is 7.20. The molecule has 108 valence electrons. The summed E-state index contributed by atoms with van der Waals surface area (Å²) < 4.78 is 2.40. The lowest BCUT2D eigenvalue weighted by Gasteiger charge is -2.32. The van der Waals surface area contributed by atoms with Crippen molar-refractivity contribution in [3.05, 3.63) is 18.2 Å². The van der Waals surface area contributed by atoms with E-state index in [2.05, 4.69) is 34.8 Å². The third-order valence-electron chi connectivity index (χ3n) is 4.11. The van der Waals surface area contributed by atoms with Crippen LogP contribution in [0.1, 0.15) is 25.7 Å². The van der Waals surface area contributed by atoms with Crippen molar-refractivity contribution >= 4 is 39.0 Å². The Morgan fingerprint density at radius 3 is 3.05 bits per heavy atom. The molecule has 0 aliphatic heterocycles. The first kappa shape index (κ1) is 14.2. The molecule has 1 saturated carbocycles. The molecule has 1 fully saturated rings. The van der Waals surface area contributed by atoms with Gasteiger partial charge in [0.25, 0.3) is 0 Å². The third kappa shape index (κ3) is 2.95. The molecule has 5 heteroatoms. The van der Waals surface area contributed by atoms with Crippen molar-refractivity contribution in [3.8, 4) is 0 Å². The van der Waals surface area contributed by atoms with Crippen LogP contribution < -0.4 is 11.1 Å². The van der Waals surface area contributed by atoms with Gasteiger partial charge in [0.15, 0.2) is 4.34 Å². The lowest BCUT2D eigenvalue weighted by molar-refractivity contribution is 0.332. The second kappa shape index (κ2) is 6.33. The number of nitrogens with one attached hydrogen (secondary N) is 1. The molecule has 0 spiro atoms. The third-order valence-corrected chi connectivity index (χ3v) is 6.11. The molecule has 0 saturated heterocycles. The highest BCUT2D eigenvalue weighted by molar-refractivity contribution is 8.00. The van der Waals surface area contributed by atoms with Gasteiger partial charge < -0.3 is 11.1 Å². The predicted molar refractivity (Wildman–Crippen MR) is 89.8 cm³/mol. The molecule has 2 atom stereocenters. The zero-order valence-corrected chi connectivity index (χ0v) is 13.4. The number of hydrogen-bond acceptors (Lipinski definition) is 5. The Kier molecular flexibility index (Phi) is 4.48. The van der Waals surface area contributed by atoms with Gasteiger partial charge >= 0.3 is 0 Å². The molecule has 3 nitrogen and oxygen atoms in total. The van der Waals surface area contributed by atoms with Crippen molar-refractivity contribution in [1.29, 1.82) is 0 Å². The number of thiazole rings is 1. The summed E-state index contributed by atoms with van der Waals surface area (Å²) in [5.74, 6) is 0.614. The fraction of sp³-hybridized carbons (Fsp3) is 0.533. The number of thioether (sulfide) groups is 1. The molecule has 0 bridgehead atoms. The van der Waals surface area contributed by atoms with E-state index in [4.69, 9.17) is 5.73 Å². The number of nitrogens with zero attached hydrogens (tertiary/aromatic N) is 1. The van der Waals surface area contributed by atoms with E-state index >= 15 is 0 Å². The largest absolute Gasteiger partial charge is 0.382 e. The van der Waals surface area contributed by atoms with Crippen molar-refractivity contribution in [2.24, 2.45) is 11.7 Å². The first-order valence-corrected chi connectivity index (χ1v) is 9.25. The topological polar surface area (TPSA) is 50.9 Å². The van der Waals surface area contributed by atoms with Crippen LogP contribution in [0.5, 0.6) is 0 Å². The van der Waals surface area contributed by atoms with E-state index < -0.39 is 0 Å². The smallest absolute Gasteiger partial charge is 0.150 e. The van der Waals surface area contributed by atoms with Gasteiger partial charge in [-0.1, -0.05) is 24.6 Å². The predicted octanol–water partition coefficient (Wildman–Crippen LogP) is 3.95. The molecule has 20 heavy (non-hydrogen) atoms. The number of hydrogen-bond donors (Lipinski definition) is 2. The van der Waals surface area contributed by atoms with Crippen LogP contribution in [0.15, 0.2) is 22.5 Å². The van der Waals surface area contributed by atoms with Gasteiger partial charge in [0.05, 0.1) is 10.2 Å². The van der Waals surface area contributed by atoms with Crippen LogP contribution in [0.3, 0.4) is 0 Å². The average molecular weight is 307 g/mol. The normalized spacial score (nSPS) is 23.1. The molecule has 2 unspecified atom stereocenters. The highest BCUT2D eigenvalue weighted by Gasteiger charge is 2.23. The minimum atomic E-state index is 0.527. The average Bonchev–Trinajstić information content (AvgIpc) is 2.90. The monoisotopic (exact) mass is 307 g/mol. The maximum Gasteiger partial charge on any atom is 0.150 e. The van der Waals surface area contributed by atoms with E-state index in [0.717, 1.165) is 16.4 Å². The Morgan fingerprint density at radius 1 is 1.40 bits per heavy atom. The number of aromatic nitrogens is 1. The summed E-state index contributed by atoms with van der Waals surface area (Å²) in [5, 5.41) is 3.69. The molecule has 1 aliphatic rings. The second-order valence-corrected chi connectivity index (χ2v) is 7.48. The van der Waals surface area contributed by atoms with Gasteiger partial charge in [0.1, 0.15) is 0 Å². The van der Waals surface area contributed by atoms with E-state index in [1.54, 1.807) is 23.1 Å². The second-order valence-electron chi connectivity index (χ2n) is 5.40. The molecule has 1 aliphatic carbocycles. The zero-order valence-electron chi connectivity index (χ0n) is 11.8.